The molecule has 0 aromatic heterocycles. The van der Waals surface area contributed by atoms with E-state index in [1.807, 2.05) is 55.4 Å². The molecule has 57 heavy (non-hydrogen) atoms. The van der Waals surface area contributed by atoms with E-state index in [1.54, 1.807) is 0 Å². The van der Waals surface area contributed by atoms with Crippen LogP contribution in [0, 0.1) is 0 Å². The van der Waals surface area contributed by atoms with E-state index in [0.29, 0.717) is 0 Å². The standard InChI is InChI=1S/3C6H12.3C4H6F2.4C4H8.C2H2F2.CH4/c3*1-5(2)6(3)4;3*1-3(2)4(5)6;4*1-4(2)3;1-2(3)4;/h3*1-4H3;3*1-2H3;4*1H2,2-3H3;1H2;1H4. The monoisotopic (exact) mass is 833 g/mol. The van der Waals surface area contributed by atoms with Gasteiger partial charge >= 0.3 is 0 Å². The Kier molecular flexibility index (Phi) is 92.9. The largest absolute Gasteiger partial charge is 0.268 e. The van der Waals surface area contributed by atoms with Gasteiger partial charge in [-0.05, 0) is 203 Å². The molecule has 0 aliphatic heterocycles. The first-order chi connectivity index (χ1) is 24.5. The molecular formula is C49H92F8. The van der Waals surface area contributed by atoms with Crippen LogP contribution in [-0.2, 0) is 0 Å². The molecule has 344 valence electrons. The van der Waals surface area contributed by atoms with Gasteiger partial charge in [0.1, 0.15) is 0 Å². The zero-order chi connectivity index (χ0) is 48.8. The minimum absolute atomic E-state index is 0. The molecule has 0 bridgehead atoms. The molecule has 0 spiro atoms. The fourth-order valence-electron chi connectivity index (χ4n) is 0. The quantitative estimate of drug-likeness (QED) is 0.168. The summed E-state index contributed by atoms with van der Waals surface area (Å²) in [4.78, 5) is 0. The first-order valence-electron chi connectivity index (χ1n) is 17.8. The lowest BCUT2D eigenvalue weighted by molar-refractivity contribution is 0.411. The molecule has 0 unspecified atom stereocenters. The van der Waals surface area contributed by atoms with Gasteiger partial charge in [-0.1, -0.05) is 63.2 Å². The number of allylic oxidation sites excluding steroid dienone is 13. The molecule has 0 atom stereocenters. The van der Waals surface area contributed by atoms with Crippen LogP contribution < -0.4 is 0 Å². The summed E-state index contributed by atoms with van der Waals surface area (Å²) in [5, 5.41) is 0. The van der Waals surface area contributed by atoms with Crippen molar-refractivity contribution >= 4 is 0 Å². The Morgan fingerprint density at radius 3 is 0.246 bits per heavy atom. The third kappa shape index (κ3) is 318. The molecule has 0 saturated heterocycles. The summed E-state index contributed by atoms with van der Waals surface area (Å²) in [6, 6.07) is 0. The molecule has 0 rings (SSSR count). The highest BCUT2D eigenvalue weighted by Crippen LogP contribution is 2.04. The van der Waals surface area contributed by atoms with Crippen molar-refractivity contribution in [2.75, 3.05) is 0 Å². The van der Waals surface area contributed by atoms with E-state index in [0.717, 1.165) is 0 Å². The van der Waals surface area contributed by atoms with Gasteiger partial charge in [-0.2, -0.15) is 35.1 Å². The topological polar surface area (TPSA) is 0 Å². The zero-order valence-electron chi connectivity index (χ0n) is 41.1. The van der Waals surface area contributed by atoms with E-state index in [2.05, 4.69) is 116 Å². The number of hydrogen-bond donors (Lipinski definition) is 0. The molecule has 8 heteroatoms. The van der Waals surface area contributed by atoms with Crippen LogP contribution in [0.3, 0.4) is 0 Å². The average Bonchev–Trinajstić information content (AvgIpc) is 2.93. The average molecular weight is 833 g/mol. The van der Waals surface area contributed by atoms with E-state index in [9.17, 15) is 35.1 Å². The van der Waals surface area contributed by atoms with Crippen LogP contribution in [0.25, 0.3) is 0 Å². The van der Waals surface area contributed by atoms with Gasteiger partial charge < -0.3 is 0 Å². The Hall–Kier alpha value is -3.42. The first-order valence-corrected chi connectivity index (χ1v) is 17.8. The number of rotatable bonds is 0. The molecule has 0 aromatic carbocycles. The molecule has 0 saturated carbocycles. The Morgan fingerprint density at radius 2 is 0.246 bits per heavy atom. The summed E-state index contributed by atoms with van der Waals surface area (Å²) >= 11 is 0. The van der Waals surface area contributed by atoms with Gasteiger partial charge in [-0.3, -0.25) is 0 Å². The Morgan fingerprint density at radius 1 is 0.211 bits per heavy atom. The third-order valence-corrected chi connectivity index (χ3v) is 4.13. The summed E-state index contributed by atoms with van der Waals surface area (Å²) in [5.74, 6) is 0. The fraction of sp³-hybridized carbons (Fsp3) is 0.551. The van der Waals surface area contributed by atoms with Crippen molar-refractivity contribution in [3.63, 3.8) is 0 Å². The van der Waals surface area contributed by atoms with Crippen LogP contribution >= 0.6 is 0 Å². The van der Waals surface area contributed by atoms with Crippen molar-refractivity contribution in [3.8, 4) is 0 Å². The summed E-state index contributed by atoms with van der Waals surface area (Å²) in [7, 11) is 0. The summed E-state index contributed by atoms with van der Waals surface area (Å²) in [6.45, 7) is 65.9. The van der Waals surface area contributed by atoms with Gasteiger partial charge in [0.25, 0.3) is 24.3 Å². The fourth-order valence-corrected chi connectivity index (χ4v) is 0. The molecule has 0 aliphatic carbocycles. The van der Waals surface area contributed by atoms with Crippen LogP contribution in [0.1, 0.15) is 187 Å². The van der Waals surface area contributed by atoms with Gasteiger partial charge in [0, 0.05) is 0 Å². The molecule has 0 aliphatic rings. The minimum Gasteiger partial charge on any atom is -0.174 e. The van der Waals surface area contributed by atoms with E-state index < -0.39 is 24.3 Å². The molecule has 0 fully saturated rings. The summed E-state index contributed by atoms with van der Waals surface area (Å²) in [6.07, 6.45) is -6.56. The summed E-state index contributed by atoms with van der Waals surface area (Å²) < 4.78 is 86.5. The molecule has 0 amide bonds. The minimum atomic E-state index is -1.83. The van der Waals surface area contributed by atoms with Crippen molar-refractivity contribution in [2.45, 2.75) is 187 Å². The van der Waals surface area contributed by atoms with Gasteiger partial charge in [-0.25, -0.2) is 0 Å². The Labute approximate surface area is 351 Å². The van der Waals surface area contributed by atoms with Gasteiger partial charge in [-0.15, -0.1) is 26.3 Å². The molecule has 0 heterocycles. The Balaban J connectivity index is -0.0000000392. The maximum absolute atomic E-state index is 11.0. The van der Waals surface area contributed by atoms with Crippen molar-refractivity contribution in [2.24, 2.45) is 0 Å². The second-order valence-corrected chi connectivity index (χ2v) is 14.9. The third-order valence-electron chi connectivity index (χ3n) is 4.13. The predicted octanol–water partition coefficient (Wildman–Crippen LogP) is 22.0. The highest BCUT2D eigenvalue weighted by molar-refractivity contribution is 5.03. The van der Waals surface area contributed by atoms with Crippen LogP contribution in [0.5, 0.6) is 0 Å². The van der Waals surface area contributed by atoms with Gasteiger partial charge in [0.05, 0.1) is 0 Å². The smallest absolute Gasteiger partial charge is 0.174 e. The molecular weight excluding hydrogens is 741 g/mol. The maximum atomic E-state index is 11.0. The second kappa shape index (κ2) is 61.8. The van der Waals surface area contributed by atoms with E-state index in [1.165, 1.54) is 97.3 Å². The highest BCUT2D eigenvalue weighted by atomic mass is 19.3. The van der Waals surface area contributed by atoms with Crippen molar-refractivity contribution in [1.82, 2.24) is 0 Å². The normalized spacial score (nSPS) is 7.33. The van der Waals surface area contributed by atoms with Gasteiger partial charge in [0.15, 0.2) is 0 Å². The van der Waals surface area contributed by atoms with E-state index >= 15 is 0 Å². The van der Waals surface area contributed by atoms with Crippen LogP contribution in [-0.4, -0.2) is 0 Å². The Bertz CT molecular complexity index is 861. The SMILES string of the molecule is C.C=C(C)C.C=C(C)C.C=C(C)C.C=C(C)C.C=C(F)F.CC(C)=C(C)C.CC(C)=C(C)C.CC(C)=C(C)C.CC(C)=C(F)F.CC(C)=C(F)F.CC(C)=C(F)F. The van der Waals surface area contributed by atoms with Crippen molar-refractivity contribution < 1.29 is 35.1 Å². The zero-order valence-corrected chi connectivity index (χ0v) is 41.1. The second-order valence-electron chi connectivity index (χ2n) is 14.9. The van der Waals surface area contributed by atoms with Crippen molar-refractivity contribution in [1.29, 1.82) is 0 Å². The van der Waals surface area contributed by atoms with Crippen molar-refractivity contribution in [3.05, 3.63) is 130 Å². The lowest BCUT2D eigenvalue weighted by Gasteiger charge is -1.88. The molecule has 0 nitrogen and oxygen atoms in total. The predicted molar refractivity (Wildman–Crippen MR) is 251 cm³/mol. The van der Waals surface area contributed by atoms with E-state index in [-0.39, 0.29) is 24.1 Å². The van der Waals surface area contributed by atoms with E-state index in [4.69, 9.17) is 0 Å². The lowest BCUT2D eigenvalue weighted by Crippen LogP contribution is -1.66. The highest BCUT2D eigenvalue weighted by Gasteiger charge is 1.88. The molecule has 0 N–H and O–H groups in total. The number of hydrogen-bond acceptors (Lipinski definition) is 0. The first kappa shape index (κ1) is 85.7. The maximum Gasteiger partial charge on any atom is 0.268 e. The lowest BCUT2D eigenvalue weighted by atomic mass is 10.2. The van der Waals surface area contributed by atoms with Crippen LogP contribution in [0.15, 0.2) is 130 Å². The van der Waals surface area contributed by atoms with Crippen LogP contribution in [0.2, 0.25) is 0 Å². The summed E-state index contributed by atoms with van der Waals surface area (Å²) in [5.41, 5.74) is 13.5. The molecule has 0 radical (unpaired) electrons. The molecule has 0 aromatic rings. The number of halogens is 8. The van der Waals surface area contributed by atoms with Gasteiger partial charge in [0.2, 0.25) is 0 Å². The van der Waals surface area contributed by atoms with Crippen LogP contribution in [0.4, 0.5) is 35.1 Å².